The van der Waals surface area contributed by atoms with E-state index in [1.807, 2.05) is 11.4 Å². The van der Waals surface area contributed by atoms with Crippen LogP contribution in [0.4, 0.5) is 0 Å². The lowest BCUT2D eigenvalue weighted by atomic mass is 10.0. The highest BCUT2D eigenvalue weighted by atomic mass is 32.1. The molecule has 1 amide bonds. The molecule has 6 heteroatoms. The van der Waals surface area contributed by atoms with Gasteiger partial charge >= 0.3 is 0 Å². The van der Waals surface area contributed by atoms with E-state index in [1.165, 1.54) is 0 Å². The highest BCUT2D eigenvalue weighted by Crippen LogP contribution is 2.17. The van der Waals surface area contributed by atoms with Crippen LogP contribution in [0.2, 0.25) is 0 Å². The van der Waals surface area contributed by atoms with Crippen molar-refractivity contribution in [1.29, 1.82) is 0 Å². The third-order valence-electron chi connectivity index (χ3n) is 3.66. The Morgan fingerprint density at radius 2 is 2.20 bits per heavy atom. The Morgan fingerprint density at radius 3 is 2.80 bits per heavy atom. The number of nitrogens with one attached hydrogen (secondary N) is 1. The topological polar surface area (TPSA) is 67.6 Å². The van der Waals surface area contributed by atoms with Crippen LogP contribution in [0.3, 0.4) is 0 Å². The van der Waals surface area contributed by atoms with Crippen LogP contribution in [0.1, 0.15) is 29.1 Å². The summed E-state index contributed by atoms with van der Waals surface area (Å²) in [5, 5.41) is 5.28. The molecule has 1 aliphatic rings. The summed E-state index contributed by atoms with van der Waals surface area (Å²) in [6.07, 6.45) is 0. The quantitative estimate of drug-likeness (QED) is 0.823. The standard InChI is InChI=1S/C14H23N3O2S/c1-14(2,17-3-5-19-6-4-17)10-16-8-12-7-11(9-20-12)13(15)18/h7,9,16H,3-6,8,10H2,1-2H3,(H2,15,18). The lowest BCUT2D eigenvalue weighted by Crippen LogP contribution is -2.54. The molecule has 2 heterocycles. The molecule has 0 radical (unpaired) electrons. The molecule has 0 saturated carbocycles. The van der Waals surface area contributed by atoms with E-state index in [0.717, 1.165) is 44.3 Å². The molecule has 0 atom stereocenters. The van der Waals surface area contributed by atoms with Crippen molar-refractivity contribution in [3.8, 4) is 0 Å². The van der Waals surface area contributed by atoms with Crippen LogP contribution in [0.15, 0.2) is 11.4 Å². The average Bonchev–Trinajstić information content (AvgIpc) is 2.89. The molecule has 0 aliphatic carbocycles. The van der Waals surface area contributed by atoms with E-state index in [1.54, 1.807) is 11.3 Å². The zero-order chi connectivity index (χ0) is 14.6. The minimum absolute atomic E-state index is 0.105. The third-order valence-corrected chi connectivity index (χ3v) is 4.60. The number of thiophene rings is 1. The number of ether oxygens (including phenoxy) is 1. The molecule has 112 valence electrons. The van der Waals surface area contributed by atoms with Gasteiger partial charge in [-0.1, -0.05) is 0 Å². The van der Waals surface area contributed by atoms with Gasteiger partial charge in [0.25, 0.3) is 0 Å². The molecule has 0 bridgehead atoms. The molecule has 20 heavy (non-hydrogen) atoms. The van der Waals surface area contributed by atoms with Crippen LogP contribution < -0.4 is 11.1 Å². The lowest BCUT2D eigenvalue weighted by molar-refractivity contribution is -0.00965. The van der Waals surface area contributed by atoms with Gasteiger partial charge in [0.2, 0.25) is 5.91 Å². The Morgan fingerprint density at radius 1 is 1.50 bits per heavy atom. The molecule has 0 aromatic carbocycles. The Bertz CT molecular complexity index is 453. The van der Waals surface area contributed by atoms with Gasteiger partial charge in [0.15, 0.2) is 0 Å². The van der Waals surface area contributed by atoms with Gasteiger partial charge in [0, 0.05) is 42.0 Å². The fourth-order valence-corrected chi connectivity index (χ4v) is 3.22. The maximum Gasteiger partial charge on any atom is 0.249 e. The van der Waals surface area contributed by atoms with Gasteiger partial charge in [-0.2, -0.15) is 0 Å². The van der Waals surface area contributed by atoms with E-state index in [0.29, 0.717) is 5.56 Å². The molecule has 2 rings (SSSR count). The van der Waals surface area contributed by atoms with E-state index < -0.39 is 0 Å². The van der Waals surface area contributed by atoms with E-state index in [4.69, 9.17) is 10.5 Å². The number of hydrogen-bond donors (Lipinski definition) is 2. The van der Waals surface area contributed by atoms with Crippen molar-refractivity contribution >= 4 is 17.2 Å². The number of amides is 1. The molecule has 1 saturated heterocycles. The summed E-state index contributed by atoms with van der Waals surface area (Å²) in [5.41, 5.74) is 5.95. The van der Waals surface area contributed by atoms with Crippen LogP contribution in [0.5, 0.6) is 0 Å². The lowest BCUT2D eigenvalue weighted by Gasteiger charge is -2.41. The van der Waals surface area contributed by atoms with Crippen molar-refractivity contribution in [2.75, 3.05) is 32.8 Å². The fourth-order valence-electron chi connectivity index (χ4n) is 2.37. The summed E-state index contributed by atoms with van der Waals surface area (Å²) in [7, 11) is 0. The Hall–Kier alpha value is -0.950. The first-order chi connectivity index (χ1) is 9.49. The summed E-state index contributed by atoms with van der Waals surface area (Å²) >= 11 is 1.57. The number of carbonyl (C=O) groups is 1. The van der Waals surface area contributed by atoms with Gasteiger partial charge < -0.3 is 15.8 Å². The number of primary amides is 1. The van der Waals surface area contributed by atoms with Gasteiger partial charge in [0.1, 0.15) is 0 Å². The highest BCUT2D eigenvalue weighted by molar-refractivity contribution is 7.10. The first-order valence-corrected chi connectivity index (χ1v) is 7.78. The van der Waals surface area contributed by atoms with E-state index in [2.05, 4.69) is 24.1 Å². The maximum atomic E-state index is 11.0. The number of rotatable bonds is 6. The zero-order valence-corrected chi connectivity index (χ0v) is 13.0. The van der Waals surface area contributed by atoms with Crippen molar-refractivity contribution in [2.45, 2.75) is 25.9 Å². The van der Waals surface area contributed by atoms with Crippen molar-refractivity contribution in [3.05, 3.63) is 21.9 Å². The zero-order valence-electron chi connectivity index (χ0n) is 12.1. The molecule has 5 nitrogen and oxygen atoms in total. The molecule has 1 aromatic heterocycles. The van der Waals surface area contributed by atoms with E-state index in [9.17, 15) is 4.79 Å². The van der Waals surface area contributed by atoms with Crippen LogP contribution >= 0.6 is 11.3 Å². The van der Waals surface area contributed by atoms with Crippen LogP contribution in [-0.4, -0.2) is 49.2 Å². The molecule has 0 spiro atoms. The second-order valence-corrected chi connectivity index (χ2v) is 6.68. The predicted octanol–water partition coefficient (Wildman–Crippen LogP) is 1.05. The molecule has 3 N–H and O–H groups in total. The summed E-state index contributed by atoms with van der Waals surface area (Å²) in [5.74, 6) is -0.360. The average molecular weight is 297 g/mol. The second-order valence-electron chi connectivity index (χ2n) is 5.68. The predicted molar refractivity (Wildman–Crippen MR) is 81.0 cm³/mol. The van der Waals surface area contributed by atoms with Crippen LogP contribution in [0, 0.1) is 0 Å². The summed E-state index contributed by atoms with van der Waals surface area (Å²) in [4.78, 5) is 14.6. The summed E-state index contributed by atoms with van der Waals surface area (Å²) in [6, 6.07) is 1.86. The number of carbonyl (C=O) groups excluding carboxylic acids is 1. The second kappa shape index (κ2) is 6.67. The first kappa shape index (κ1) is 15.4. The smallest absolute Gasteiger partial charge is 0.249 e. The fraction of sp³-hybridized carbons (Fsp3) is 0.643. The monoisotopic (exact) mass is 297 g/mol. The van der Waals surface area contributed by atoms with Gasteiger partial charge in [-0.05, 0) is 19.9 Å². The van der Waals surface area contributed by atoms with Crippen LogP contribution in [0.25, 0.3) is 0 Å². The van der Waals surface area contributed by atoms with Crippen molar-refractivity contribution in [1.82, 2.24) is 10.2 Å². The molecular weight excluding hydrogens is 274 g/mol. The van der Waals surface area contributed by atoms with Gasteiger partial charge in [-0.3, -0.25) is 9.69 Å². The highest BCUT2D eigenvalue weighted by Gasteiger charge is 2.27. The molecule has 1 aliphatic heterocycles. The van der Waals surface area contributed by atoms with Crippen LogP contribution in [-0.2, 0) is 11.3 Å². The number of nitrogens with two attached hydrogens (primary N) is 1. The van der Waals surface area contributed by atoms with Gasteiger partial charge in [-0.15, -0.1) is 11.3 Å². The van der Waals surface area contributed by atoms with Crippen molar-refractivity contribution in [2.24, 2.45) is 5.73 Å². The number of hydrogen-bond acceptors (Lipinski definition) is 5. The normalized spacial score (nSPS) is 17.3. The minimum Gasteiger partial charge on any atom is -0.379 e. The Balaban J connectivity index is 1.80. The first-order valence-electron chi connectivity index (χ1n) is 6.90. The minimum atomic E-state index is -0.360. The number of nitrogens with zero attached hydrogens (tertiary/aromatic N) is 1. The van der Waals surface area contributed by atoms with Crippen molar-refractivity contribution < 1.29 is 9.53 Å². The largest absolute Gasteiger partial charge is 0.379 e. The molecule has 1 aromatic rings. The molecular formula is C14H23N3O2S. The third kappa shape index (κ3) is 4.02. The van der Waals surface area contributed by atoms with Crippen molar-refractivity contribution in [3.63, 3.8) is 0 Å². The summed E-state index contributed by atoms with van der Waals surface area (Å²) < 4.78 is 5.39. The summed E-state index contributed by atoms with van der Waals surface area (Å²) in [6.45, 7) is 9.76. The van der Waals surface area contributed by atoms with E-state index in [-0.39, 0.29) is 11.4 Å². The maximum absolute atomic E-state index is 11.0. The molecule has 0 unspecified atom stereocenters. The SMILES string of the molecule is CC(C)(CNCc1cc(C(N)=O)cs1)N1CCOCC1. The van der Waals surface area contributed by atoms with Gasteiger partial charge in [-0.25, -0.2) is 0 Å². The number of morpholine rings is 1. The molecule has 1 fully saturated rings. The van der Waals surface area contributed by atoms with Gasteiger partial charge in [0.05, 0.1) is 18.8 Å². The Labute approximate surface area is 124 Å². The van der Waals surface area contributed by atoms with E-state index >= 15 is 0 Å². The Kier molecular flexibility index (Phi) is 5.15.